The van der Waals surface area contributed by atoms with Crippen molar-refractivity contribution in [3.05, 3.63) is 34.3 Å². The topological polar surface area (TPSA) is 12.0 Å². The van der Waals surface area contributed by atoms with Crippen LogP contribution in [0, 0.1) is 5.92 Å². The number of hydrogen-bond donors (Lipinski definition) is 1. The molecule has 1 unspecified atom stereocenters. The van der Waals surface area contributed by atoms with Crippen LogP contribution in [0.15, 0.2) is 28.7 Å². The van der Waals surface area contributed by atoms with Crippen LogP contribution in [0.1, 0.15) is 63.5 Å². The fraction of sp³-hybridized carbons (Fsp3) is 0.647. The molecule has 2 heteroatoms. The molecule has 0 aliphatic heterocycles. The Balaban J connectivity index is 2.10. The molecule has 106 valence electrons. The molecule has 0 radical (unpaired) electrons. The standard InChI is InChI=1S/C17H26BrN/c1-2-19-17(15-10-12-16(18)13-11-15)14-8-6-4-3-5-7-9-14/h10-14,17,19H,2-9H2,1H3. The van der Waals surface area contributed by atoms with E-state index in [-0.39, 0.29) is 0 Å². The third-order valence-electron chi connectivity index (χ3n) is 4.27. The molecule has 1 saturated carbocycles. The van der Waals surface area contributed by atoms with Crippen molar-refractivity contribution in [1.29, 1.82) is 0 Å². The first-order chi connectivity index (χ1) is 9.31. The van der Waals surface area contributed by atoms with Crippen molar-refractivity contribution in [2.75, 3.05) is 6.54 Å². The summed E-state index contributed by atoms with van der Waals surface area (Å²) in [6.07, 6.45) is 9.87. The highest BCUT2D eigenvalue weighted by atomic mass is 79.9. The number of benzene rings is 1. The third kappa shape index (κ3) is 4.61. The summed E-state index contributed by atoms with van der Waals surface area (Å²) >= 11 is 3.53. The first kappa shape index (κ1) is 15.1. The molecule has 0 spiro atoms. The second-order valence-electron chi connectivity index (χ2n) is 5.69. The van der Waals surface area contributed by atoms with Crippen LogP contribution in [-0.2, 0) is 0 Å². The van der Waals surface area contributed by atoms with Crippen LogP contribution in [0.5, 0.6) is 0 Å². The predicted molar refractivity (Wildman–Crippen MR) is 86.4 cm³/mol. The van der Waals surface area contributed by atoms with E-state index in [0.717, 1.165) is 12.5 Å². The summed E-state index contributed by atoms with van der Waals surface area (Å²) in [4.78, 5) is 0. The lowest BCUT2D eigenvalue weighted by atomic mass is 9.83. The minimum absolute atomic E-state index is 0.538. The first-order valence-electron chi connectivity index (χ1n) is 7.80. The summed E-state index contributed by atoms with van der Waals surface area (Å²) in [5.41, 5.74) is 1.45. The van der Waals surface area contributed by atoms with Gasteiger partial charge in [0.2, 0.25) is 0 Å². The van der Waals surface area contributed by atoms with Crippen LogP contribution in [0.4, 0.5) is 0 Å². The molecule has 1 aliphatic carbocycles. The summed E-state index contributed by atoms with van der Waals surface area (Å²) in [5, 5.41) is 3.72. The normalized spacial score (nSPS) is 19.7. The average molecular weight is 324 g/mol. The Morgan fingerprint density at radius 1 is 1.05 bits per heavy atom. The highest BCUT2D eigenvalue weighted by Gasteiger charge is 2.22. The number of hydrogen-bond acceptors (Lipinski definition) is 1. The van der Waals surface area contributed by atoms with E-state index < -0.39 is 0 Å². The van der Waals surface area contributed by atoms with Gasteiger partial charge >= 0.3 is 0 Å². The fourth-order valence-corrected chi connectivity index (χ4v) is 3.53. The number of halogens is 1. The number of nitrogens with one attached hydrogen (secondary N) is 1. The van der Waals surface area contributed by atoms with Crippen LogP contribution in [0.2, 0.25) is 0 Å². The van der Waals surface area contributed by atoms with Crippen LogP contribution in [0.25, 0.3) is 0 Å². The molecular weight excluding hydrogens is 298 g/mol. The molecule has 1 aromatic carbocycles. The van der Waals surface area contributed by atoms with Gasteiger partial charge in [-0.25, -0.2) is 0 Å². The predicted octanol–water partition coefficient (Wildman–Crippen LogP) is 5.46. The van der Waals surface area contributed by atoms with Crippen molar-refractivity contribution in [3.8, 4) is 0 Å². The molecule has 0 aromatic heterocycles. The summed E-state index contributed by atoms with van der Waals surface area (Å²) < 4.78 is 1.17. The van der Waals surface area contributed by atoms with Gasteiger partial charge in [0.25, 0.3) is 0 Å². The van der Waals surface area contributed by atoms with Gasteiger partial charge in [0.05, 0.1) is 0 Å². The van der Waals surface area contributed by atoms with E-state index in [1.807, 2.05) is 0 Å². The van der Waals surface area contributed by atoms with Crippen molar-refractivity contribution in [2.45, 2.75) is 57.9 Å². The van der Waals surface area contributed by atoms with E-state index in [9.17, 15) is 0 Å². The largest absolute Gasteiger partial charge is 0.310 e. The molecule has 1 aliphatic rings. The van der Waals surface area contributed by atoms with Gasteiger partial charge in [0.1, 0.15) is 0 Å². The SMILES string of the molecule is CCNC(c1ccc(Br)cc1)C1CCCCCCC1. The maximum Gasteiger partial charge on any atom is 0.0348 e. The zero-order valence-corrected chi connectivity index (χ0v) is 13.6. The molecule has 0 heterocycles. The molecule has 19 heavy (non-hydrogen) atoms. The summed E-state index contributed by atoms with van der Waals surface area (Å²) in [7, 11) is 0. The molecule has 1 atom stereocenters. The van der Waals surface area contributed by atoms with Crippen molar-refractivity contribution in [2.24, 2.45) is 5.92 Å². The van der Waals surface area contributed by atoms with Crippen molar-refractivity contribution < 1.29 is 0 Å². The van der Waals surface area contributed by atoms with Gasteiger partial charge in [0.15, 0.2) is 0 Å². The Hall–Kier alpha value is -0.340. The molecule has 0 saturated heterocycles. The van der Waals surface area contributed by atoms with Gasteiger partial charge in [0, 0.05) is 10.5 Å². The molecule has 1 aromatic rings. The molecule has 0 amide bonds. The van der Waals surface area contributed by atoms with E-state index >= 15 is 0 Å². The smallest absolute Gasteiger partial charge is 0.0348 e. The van der Waals surface area contributed by atoms with Crippen molar-refractivity contribution in [3.63, 3.8) is 0 Å². The Morgan fingerprint density at radius 3 is 2.21 bits per heavy atom. The minimum Gasteiger partial charge on any atom is -0.310 e. The quantitative estimate of drug-likeness (QED) is 0.775. The molecule has 1 N–H and O–H groups in total. The maximum atomic E-state index is 3.72. The van der Waals surface area contributed by atoms with Crippen LogP contribution in [-0.4, -0.2) is 6.54 Å². The van der Waals surface area contributed by atoms with Crippen LogP contribution >= 0.6 is 15.9 Å². The average Bonchev–Trinajstić information content (AvgIpc) is 2.38. The Labute approximate surface area is 126 Å². The number of rotatable bonds is 4. The highest BCUT2D eigenvalue weighted by molar-refractivity contribution is 9.10. The first-order valence-corrected chi connectivity index (χ1v) is 8.59. The van der Waals surface area contributed by atoms with Gasteiger partial charge in [-0.2, -0.15) is 0 Å². The zero-order valence-electron chi connectivity index (χ0n) is 12.0. The molecular formula is C17H26BrN. The van der Waals surface area contributed by atoms with Gasteiger partial charge in [-0.3, -0.25) is 0 Å². The summed E-state index contributed by atoms with van der Waals surface area (Å²) in [6, 6.07) is 9.42. The van der Waals surface area contributed by atoms with Crippen molar-refractivity contribution >= 4 is 15.9 Å². The lowest BCUT2D eigenvalue weighted by Gasteiger charge is -2.30. The zero-order chi connectivity index (χ0) is 13.5. The van der Waals surface area contributed by atoms with Crippen LogP contribution in [0.3, 0.4) is 0 Å². The molecule has 0 bridgehead atoms. The van der Waals surface area contributed by atoms with Gasteiger partial charge in [-0.15, -0.1) is 0 Å². The highest BCUT2D eigenvalue weighted by Crippen LogP contribution is 2.33. The third-order valence-corrected chi connectivity index (χ3v) is 4.80. The van der Waals surface area contributed by atoms with E-state index in [1.54, 1.807) is 0 Å². The van der Waals surface area contributed by atoms with E-state index in [1.165, 1.54) is 55.0 Å². The van der Waals surface area contributed by atoms with Gasteiger partial charge in [-0.1, -0.05) is 67.1 Å². The van der Waals surface area contributed by atoms with Gasteiger partial charge in [-0.05, 0) is 43.0 Å². The van der Waals surface area contributed by atoms with Gasteiger partial charge < -0.3 is 5.32 Å². The van der Waals surface area contributed by atoms with E-state index in [0.29, 0.717) is 6.04 Å². The fourth-order valence-electron chi connectivity index (χ4n) is 3.27. The Kier molecular flexibility index (Phi) is 6.39. The monoisotopic (exact) mass is 323 g/mol. The lowest BCUT2D eigenvalue weighted by molar-refractivity contribution is 0.291. The molecule has 1 fully saturated rings. The summed E-state index contributed by atoms with van der Waals surface area (Å²) in [5.74, 6) is 0.807. The maximum absolute atomic E-state index is 3.72. The molecule has 2 rings (SSSR count). The Morgan fingerprint density at radius 2 is 1.63 bits per heavy atom. The summed E-state index contributed by atoms with van der Waals surface area (Å²) in [6.45, 7) is 3.27. The second kappa shape index (κ2) is 8.06. The van der Waals surface area contributed by atoms with Crippen molar-refractivity contribution in [1.82, 2.24) is 5.32 Å². The minimum atomic E-state index is 0.538. The Bertz CT molecular complexity index is 352. The molecule has 1 nitrogen and oxygen atoms in total. The van der Waals surface area contributed by atoms with Crippen LogP contribution < -0.4 is 5.32 Å². The second-order valence-corrected chi connectivity index (χ2v) is 6.61. The van der Waals surface area contributed by atoms with E-state index in [2.05, 4.69) is 52.4 Å². The lowest BCUT2D eigenvalue weighted by Crippen LogP contribution is -2.28. The van der Waals surface area contributed by atoms with E-state index in [4.69, 9.17) is 0 Å².